The molecule has 0 amide bonds. The Morgan fingerprint density at radius 2 is 2.14 bits per heavy atom. The molecule has 0 saturated heterocycles. The number of benzene rings is 1. The van der Waals surface area contributed by atoms with Crippen molar-refractivity contribution in [2.75, 3.05) is 12.3 Å². The molecule has 21 heavy (non-hydrogen) atoms. The van der Waals surface area contributed by atoms with Gasteiger partial charge in [0.05, 0.1) is 4.90 Å². The Bertz CT molecular complexity index is 725. The second kappa shape index (κ2) is 6.23. The summed E-state index contributed by atoms with van der Waals surface area (Å²) in [7, 11) is -3.59. The van der Waals surface area contributed by atoms with Crippen molar-refractivity contribution in [1.82, 2.24) is 14.9 Å². The lowest BCUT2D eigenvalue weighted by molar-refractivity contribution is 0.375. The van der Waals surface area contributed by atoms with Crippen molar-refractivity contribution in [2.24, 2.45) is 0 Å². The monoisotopic (exact) mass is 310 g/mol. The van der Waals surface area contributed by atoms with E-state index in [1.165, 1.54) is 6.07 Å². The van der Waals surface area contributed by atoms with Gasteiger partial charge in [-0.15, -0.1) is 0 Å². The summed E-state index contributed by atoms with van der Waals surface area (Å²) >= 11 is 0. The first kappa shape index (κ1) is 15.5. The summed E-state index contributed by atoms with van der Waals surface area (Å²) in [6, 6.07) is 4.75. The molecule has 2 aromatic rings. The van der Waals surface area contributed by atoms with E-state index in [0.717, 1.165) is 12.0 Å². The predicted octanol–water partition coefficient (Wildman–Crippen LogP) is 1.04. The molecule has 0 aliphatic heterocycles. The molecule has 0 fully saturated rings. The number of aryl methyl sites for hydroxylation is 2. The van der Waals surface area contributed by atoms with Crippen LogP contribution in [-0.2, 0) is 22.9 Å². The number of nitrogens with zero attached hydrogens (tertiary/aromatic N) is 2. The Balaban J connectivity index is 2.02. The fraction of sp³-hybridized carbons (Fsp3) is 0.385. The van der Waals surface area contributed by atoms with Crippen LogP contribution < -0.4 is 10.5 Å². The maximum atomic E-state index is 12.1. The van der Waals surface area contributed by atoms with E-state index < -0.39 is 10.0 Å². The highest BCUT2D eigenvalue weighted by atomic mass is 32.2. The van der Waals surface area contributed by atoms with Crippen LogP contribution in [0.5, 0.6) is 0 Å². The summed E-state index contributed by atoms with van der Waals surface area (Å²) in [6.07, 6.45) is 1.10. The first-order valence-corrected chi connectivity index (χ1v) is 8.08. The number of nitrogen functional groups attached to an aromatic ring is 1. The molecule has 114 valence electrons. The van der Waals surface area contributed by atoms with Gasteiger partial charge in [0.15, 0.2) is 5.82 Å². The maximum Gasteiger partial charge on any atom is 0.240 e. The van der Waals surface area contributed by atoms with E-state index in [0.29, 0.717) is 23.8 Å². The molecule has 7 nitrogen and oxygen atoms in total. The first-order valence-electron chi connectivity index (χ1n) is 6.59. The van der Waals surface area contributed by atoms with Crippen LogP contribution in [0.1, 0.15) is 24.2 Å². The Morgan fingerprint density at radius 3 is 2.71 bits per heavy atom. The van der Waals surface area contributed by atoms with Gasteiger partial charge >= 0.3 is 0 Å². The van der Waals surface area contributed by atoms with E-state index >= 15 is 0 Å². The second-order valence-corrected chi connectivity index (χ2v) is 6.36. The zero-order chi connectivity index (χ0) is 15.5. The molecule has 2 rings (SSSR count). The molecule has 1 aromatic heterocycles. The third-order valence-electron chi connectivity index (χ3n) is 3.01. The molecule has 1 aromatic carbocycles. The summed E-state index contributed by atoms with van der Waals surface area (Å²) in [5, 5.41) is 3.64. The summed E-state index contributed by atoms with van der Waals surface area (Å²) in [4.78, 5) is 4.16. The molecular weight excluding hydrogens is 292 g/mol. The molecule has 0 aliphatic rings. The molecule has 1 heterocycles. The number of anilines is 1. The van der Waals surface area contributed by atoms with E-state index in [1.807, 2.05) is 6.92 Å². The minimum absolute atomic E-state index is 0.152. The van der Waals surface area contributed by atoms with Crippen LogP contribution in [-0.4, -0.2) is 25.1 Å². The van der Waals surface area contributed by atoms with Gasteiger partial charge in [0, 0.05) is 18.7 Å². The van der Waals surface area contributed by atoms with Gasteiger partial charge in [-0.05, 0) is 31.0 Å². The standard InChI is InChI=1S/C13H18N4O3S/c1-3-10-4-5-11(8-12(10)14)21(18,19)15-7-6-13-16-9(2)17-20-13/h4-5,8,15H,3,6-7,14H2,1-2H3. The van der Waals surface area contributed by atoms with Gasteiger partial charge < -0.3 is 10.3 Å². The van der Waals surface area contributed by atoms with Crippen molar-refractivity contribution >= 4 is 15.7 Å². The van der Waals surface area contributed by atoms with E-state index in [9.17, 15) is 8.42 Å². The molecule has 0 bridgehead atoms. The van der Waals surface area contributed by atoms with Gasteiger partial charge in [0.25, 0.3) is 0 Å². The number of aromatic nitrogens is 2. The molecule has 0 spiro atoms. The number of sulfonamides is 1. The highest BCUT2D eigenvalue weighted by molar-refractivity contribution is 7.89. The quantitative estimate of drug-likeness (QED) is 0.771. The van der Waals surface area contributed by atoms with Gasteiger partial charge in [0.2, 0.25) is 15.9 Å². The fourth-order valence-corrected chi connectivity index (χ4v) is 2.95. The minimum Gasteiger partial charge on any atom is -0.398 e. The average molecular weight is 310 g/mol. The topological polar surface area (TPSA) is 111 Å². The predicted molar refractivity (Wildman–Crippen MR) is 78.2 cm³/mol. The number of hydrogen-bond donors (Lipinski definition) is 2. The Morgan fingerprint density at radius 1 is 1.38 bits per heavy atom. The minimum atomic E-state index is -3.59. The van der Waals surface area contributed by atoms with Gasteiger partial charge in [-0.1, -0.05) is 18.1 Å². The molecule has 8 heteroatoms. The van der Waals surface area contributed by atoms with Crippen LogP contribution in [0.2, 0.25) is 0 Å². The van der Waals surface area contributed by atoms with Crippen LogP contribution in [0.25, 0.3) is 0 Å². The SMILES string of the molecule is CCc1ccc(S(=O)(=O)NCCc2nc(C)no2)cc1N. The zero-order valence-electron chi connectivity index (χ0n) is 12.0. The summed E-state index contributed by atoms with van der Waals surface area (Å²) in [5.41, 5.74) is 7.23. The van der Waals surface area contributed by atoms with Crippen molar-refractivity contribution in [3.05, 3.63) is 35.5 Å². The molecule has 0 unspecified atom stereocenters. The number of hydrogen-bond acceptors (Lipinski definition) is 6. The van der Waals surface area contributed by atoms with Gasteiger partial charge in [0.1, 0.15) is 0 Å². The smallest absolute Gasteiger partial charge is 0.240 e. The molecular formula is C13H18N4O3S. The van der Waals surface area contributed by atoms with E-state index in [-0.39, 0.29) is 11.4 Å². The molecule has 3 N–H and O–H groups in total. The lowest BCUT2D eigenvalue weighted by Crippen LogP contribution is -2.26. The number of nitrogens with two attached hydrogens (primary N) is 1. The van der Waals surface area contributed by atoms with Crippen molar-refractivity contribution < 1.29 is 12.9 Å². The van der Waals surface area contributed by atoms with Crippen molar-refractivity contribution in [2.45, 2.75) is 31.6 Å². The highest BCUT2D eigenvalue weighted by Crippen LogP contribution is 2.18. The maximum absolute atomic E-state index is 12.1. The Hall–Kier alpha value is -1.93. The van der Waals surface area contributed by atoms with Crippen LogP contribution in [0.4, 0.5) is 5.69 Å². The number of rotatable bonds is 6. The van der Waals surface area contributed by atoms with Gasteiger partial charge in [-0.25, -0.2) is 13.1 Å². The van der Waals surface area contributed by atoms with Crippen LogP contribution in [0.3, 0.4) is 0 Å². The van der Waals surface area contributed by atoms with Crippen molar-refractivity contribution in [1.29, 1.82) is 0 Å². The van der Waals surface area contributed by atoms with Crippen molar-refractivity contribution in [3.8, 4) is 0 Å². The van der Waals surface area contributed by atoms with E-state index in [4.69, 9.17) is 10.3 Å². The summed E-state index contributed by atoms with van der Waals surface area (Å²) < 4.78 is 31.7. The lowest BCUT2D eigenvalue weighted by atomic mass is 10.1. The van der Waals surface area contributed by atoms with Gasteiger partial charge in [-0.3, -0.25) is 0 Å². The van der Waals surface area contributed by atoms with Crippen LogP contribution in [0, 0.1) is 6.92 Å². The Kier molecular flexibility index (Phi) is 4.59. The summed E-state index contributed by atoms with van der Waals surface area (Å²) in [5.74, 6) is 0.923. The third-order valence-corrected chi connectivity index (χ3v) is 4.47. The highest BCUT2D eigenvalue weighted by Gasteiger charge is 2.15. The zero-order valence-corrected chi connectivity index (χ0v) is 12.8. The fourth-order valence-electron chi connectivity index (χ4n) is 1.88. The number of nitrogens with one attached hydrogen (secondary N) is 1. The lowest BCUT2D eigenvalue weighted by Gasteiger charge is -2.08. The third kappa shape index (κ3) is 3.79. The molecule has 0 atom stereocenters. The Labute approximate surface area is 123 Å². The second-order valence-electron chi connectivity index (χ2n) is 4.60. The van der Waals surface area contributed by atoms with Crippen molar-refractivity contribution in [3.63, 3.8) is 0 Å². The van der Waals surface area contributed by atoms with E-state index in [2.05, 4.69) is 14.9 Å². The van der Waals surface area contributed by atoms with Gasteiger partial charge in [-0.2, -0.15) is 4.98 Å². The summed E-state index contributed by atoms with van der Waals surface area (Å²) in [6.45, 7) is 3.85. The normalized spacial score (nSPS) is 11.7. The molecule has 0 aliphatic carbocycles. The largest absolute Gasteiger partial charge is 0.398 e. The average Bonchev–Trinajstić information content (AvgIpc) is 2.84. The van der Waals surface area contributed by atoms with E-state index in [1.54, 1.807) is 19.1 Å². The molecule has 0 radical (unpaired) electrons. The molecule has 0 saturated carbocycles. The van der Waals surface area contributed by atoms with Crippen LogP contribution >= 0.6 is 0 Å². The first-order chi connectivity index (χ1) is 9.92. The van der Waals surface area contributed by atoms with Crippen LogP contribution in [0.15, 0.2) is 27.6 Å².